The zero-order valence-corrected chi connectivity index (χ0v) is 12.8. The van der Waals surface area contributed by atoms with Crippen LogP contribution in [-0.4, -0.2) is 21.7 Å². The molecule has 23 heavy (non-hydrogen) atoms. The molecule has 1 heterocycles. The monoisotopic (exact) mass is 310 g/mol. The van der Waals surface area contributed by atoms with Crippen molar-refractivity contribution < 1.29 is 4.39 Å². The lowest BCUT2D eigenvalue weighted by Crippen LogP contribution is -2.14. The van der Waals surface area contributed by atoms with E-state index in [-0.39, 0.29) is 5.82 Å². The van der Waals surface area contributed by atoms with Crippen molar-refractivity contribution in [3.63, 3.8) is 0 Å². The van der Waals surface area contributed by atoms with Gasteiger partial charge in [0, 0.05) is 12.1 Å². The molecule has 1 aromatic carbocycles. The van der Waals surface area contributed by atoms with Gasteiger partial charge in [-0.25, -0.2) is 9.37 Å². The molecule has 0 saturated heterocycles. The second-order valence-electron chi connectivity index (χ2n) is 6.40. The van der Waals surface area contributed by atoms with Gasteiger partial charge in [0.2, 0.25) is 5.95 Å². The lowest BCUT2D eigenvalue weighted by Gasteiger charge is -2.17. The van der Waals surface area contributed by atoms with E-state index in [1.807, 2.05) is 0 Å². The summed E-state index contributed by atoms with van der Waals surface area (Å²) in [5.74, 6) is 2.48. The van der Waals surface area contributed by atoms with Crippen LogP contribution in [0.2, 0.25) is 0 Å². The van der Waals surface area contributed by atoms with Gasteiger partial charge in [-0.2, -0.15) is 5.10 Å². The van der Waals surface area contributed by atoms with Crippen LogP contribution in [0, 0.1) is 23.6 Å². The number of anilines is 1. The van der Waals surface area contributed by atoms with E-state index in [1.165, 1.54) is 25.1 Å². The van der Waals surface area contributed by atoms with Crippen molar-refractivity contribution in [2.24, 2.45) is 17.8 Å². The van der Waals surface area contributed by atoms with E-state index in [1.54, 1.807) is 18.2 Å². The standard InChI is InChI=1S/C18H19FN4/c19-16-4-2-1-3-15(16)17-11-21-23-18(22-17)20-8-7-14-10-12-5-6-13(14)9-12/h1-6,11-14H,7-10H2,(H,20,22,23)/t12-,13+,14-/m1/s1. The molecule has 0 unspecified atom stereocenters. The van der Waals surface area contributed by atoms with Gasteiger partial charge in [0.25, 0.3) is 0 Å². The summed E-state index contributed by atoms with van der Waals surface area (Å²) in [6.45, 7) is 0.824. The molecule has 4 rings (SSSR count). The summed E-state index contributed by atoms with van der Waals surface area (Å²) in [4.78, 5) is 4.38. The molecule has 2 aliphatic rings. The first-order valence-electron chi connectivity index (χ1n) is 8.16. The average molecular weight is 310 g/mol. The fourth-order valence-electron chi connectivity index (χ4n) is 3.77. The Hall–Kier alpha value is -2.30. The first-order valence-corrected chi connectivity index (χ1v) is 8.16. The van der Waals surface area contributed by atoms with E-state index in [0.29, 0.717) is 17.2 Å². The fraction of sp³-hybridized carbons (Fsp3) is 0.389. The van der Waals surface area contributed by atoms with Gasteiger partial charge in [0.1, 0.15) is 5.82 Å². The number of nitrogens with one attached hydrogen (secondary N) is 1. The largest absolute Gasteiger partial charge is 0.353 e. The molecule has 5 heteroatoms. The van der Waals surface area contributed by atoms with Gasteiger partial charge < -0.3 is 5.32 Å². The lowest BCUT2D eigenvalue weighted by molar-refractivity contribution is 0.426. The number of nitrogens with zero attached hydrogens (tertiary/aromatic N) is 3. The van der Waals surface area contributed by atoms with Crippen LogP contribution < -0.4 is 5.32 Å². The van der Waals surface area contributed by atoms with Crippen LogP contribution in [0.25, 0.3) is 11.3 Å². The average Bonchev–Trinajstić information content (AvgIpc) is 3.19. The Morgan fingerprint density at radius 1 is 1.17 bits per heavy atom. The maximum atomic E-state index is 13.8. The van der Waals surface area contributed by atoms with Gasteiger partial charge in [-0.05, 0) is 49.1 Å². The third kappa shape index (κ3) is 2.96. The van der Waals surface area contributed by atoms with Gasteiger partial charge in [-0.1, -0.05) is 24.3 Å². The molecule has 1 fully saturated rings. The van der Waals surface area contributed by atoms with Crippen molar-refractivity contribution in [2.45, 2.75) is 19.3 Å². The van der Waals surface area contributed by atoms with Gasteiger partial charge in [0.05, 0.1) is 11.9 Å². The Morgan fingerprint density at radius 2 is 2.09 bits per heavy atom. The highest BCUT2D eigenvalue weighted by molar-refractivity contribution is 5.59. The van der Waals surface area contributed by atoms with Crippen LogP contribution in [-0.2, 0) is 0 Å². The number of benzene rings is 1. The van der Waals surface area contributed by atoms with Gasteiger partial charge in [-0.15, -0.1) is 5.10 Å². The Labute approximate surface area is 134 Å². The highest BCUT2D eigenvalue weighted by Gasteiger charge is 2.34. The van der Waals surface area contributed by atoms with Crippen LogP contribution >= 0.6 is 0 Å². The van der Waals surface area contributed by atoms with Crippen molar-refractivity contribution in [3.8, 4) is 11.3 Å². The van der Waals surface area contributed by atoms with E-state index in [9.17, 15) is 4.39 Å². The molecule has 4 nitrogen and oxygen atoms in total. The Bertz CT molecular complexity index is 730. The van der Waals surface area contributed by atoms with Crippen LogP contribution in [0.3, 0.4) is 0 Å². The molecule has 2 aliphatic carbocycles. The molecule has 2 aromatic rings. The Kier molecular flexibility index (Phi) is 3.77. The number of rotatable bonds is 5. The maximum Gasteiger partial charge on any atom is 0.243 e. The number of halogens is 1. The summed E-state index contributed by atoms with van der Waals surface area (Å²) in [6, 6.07) is 6.57. The maximum absolute atomic E-state index is 13.8. The summed E-state index contributed by atoms with van der Waals surface area (Å²) in [6.07, 6.45) is 9.96. The third-order valence-corrected chi connectivity index (χ3v) is 4.92. The van der Waals surface area contributed by atoms with Gasteiger partial charge in [-0.3, -0.25) is 0 Å². The zero-order valence-electron chi connectivity index (χ0n) is 12.8. The molecule has 0 amide bonds. The van der Waals surface area contributed by atoms with Crippen LogP contribution in [0.15, 0.2) is 42.6 Å². The highest BCUT2D eigenvalue weighted by Crippen LogP contribution is 2.44. The Morgan fingerprint density at radius 3 is 2.87 bits per heavy atom. The molecular weight excluding hydrogens is 291 g/mol. The molecule has 3 atom stereocenters. The predicted octanol–water partition coefficient (Wildman–Crippen LogP) is 3.69. The van der Waals surface area contributed by atoms with E-state index >= 15 is 0 Å². The first-order chi connectivity index (χ1) is 11.3. The number of allylic oxidation sites excluding steroid dienone is 2. The lowest BCUT2D eigenvalue weighted by atomic mass is 9.91. The van der Waals surface area contributed by atoms with Gasteiger partial charge >= 0.3 is 0 Å². The summed E-state index contributed by atoms with van der Waals surface area (Å²) in [7, 11) is 0. The molecule has 118 valence electrons. The quantitative estimate of drug-likeness (QED) is 0.856. The van der Waals surface area contributed by atoms with E-state index < -0.39 is 0 Å². The summed E-state index contributed by atoms with van der Waals surface area (Å²) in [5.41, 5.74) is 0.951. The molecule has 0 spiro atoms. The molecule has 1 aromatic heterocycles. The number of hydrogen-bond donors (Lipinski definition) is 1. The minimum atomic E-state index is -0.298. The Balaban J connectivity index is 1.39. The van der Waals surface area contributed by atoms with Gasteiger partial charge in [0.15, 0.2) is 0 Å². The van der Waals surface area contributed by atoms with Crippen molar-refractivity contribution in [2.75, 3.05) is 11.9 Å². The number of hydrogen-bond acceptors (Lipinski definition) is 4. The molecule has 1 saturated carbocycles. The molecular formula is C18H19FN4. The predicted molar refractivity (Wildman–Crippen MR) is 87.2 cm³/mol. The highest BCUT2D eigenvalue weighted by atomic mass is 19.1. The van der Waals surface area contributed by atoms with Crippen molar-refractivity contribution in [3.05, 3.63) is 48.4 Å². The number of aromatic nitrogens is 3. The summed E-state index contributed by atoms with van der Waals surface area (Å²) >= 11 is 0. The number of fused-ring (bicyclic) bond motifs is 2. The minimum Gasteiger partial charge on any atom is -0.353 e. The van der Waals surface area contributed by atoms with E-state index in [2.05, 4.69) is 32.7 Å². The third-order valence-electron chi connectivity index (χ3n) is 4.92. The zero-order chi connectivity index (χ0) is 15.6. The molecule has 0 aliphatic heterocycles. The second kappa shape index (κ2) is 6.07. The summed E-state index contributed by atoms with van der Waals surface area (Å²) in [5, 5.41) is 11.2. The SMILES string of the molecule is Fc1ccccc1-c1cnnc(NCC[C@@H]2C[C@@H]3C=C[C@H]2C3)n1. The topological polar surface area (TPSA) is 50.7 Å². The normalized spacial score (nSPS) is 25.0. The van der Waals surface area contributed by atoms with Crippen LogP contribution in [0.5, 0.6) is 0 Å². The van der Waals surface area contributed by atoms with Crippen LogP contribution in [0.4, 0.5) is 10.3 Å². The molecule has 2 bridgehead atoms. The van der Waals surface area contributed by atoms with Crippen LogP contribution in [0.1, 0.15) is 19.3 Å². The smallest absolute Gasteiger partial charge is 0.243 e. The fourth-order valence-corrected chi connectivity index (χ4v) is 3.77. The molecule has 1 N–H and O–H groups in total. The van der Waals surface area contributed by atoms with Crippen molar-refractivity contribution >= 4 is 5.95 Å². The van der Waals surface area contributed by atoms with E-state index in [4.69, 9.17) is 0 Å². The minimum absolute atomic E-state index is 0.298. The molecule has 0 radical (unpaired) electrons. The second-order valence-corrected chi connectivity index (χ2v) is 6.40. The van der Waals surface area contributed by atoms with Crippen molar-refractivity contribution in [1.82, 2.24) is 15.2 Å². The first kappa shape index (κ1) is 14.3. The van der Waals surface area contributed by atoms with E-state index in [0.717, 1.165) is 30.7 Å². The van der Waals surface area contributed by atoms with Crippen molar-refractivity contribution in [1.29, 1.82) is 0 Å². The summed E-state index contributed by atoms with van der Waals surface area (Å²) < 4.78 is 13.8.